The van der Waals surface area contributed by atoms with Gasteiger partial charge >= 0.3 is 0 Å². The molecule has 0 atom stereocenters. The molecule has 2 N–H and O–H groups in total. The van der Waals surface area contributed by atoms with Crippen LogP contribution in [0.4, 0.5) is 0 Å². The average Bonchev–Trinajstić information content (AvgIpc) is 2.82. The molecule has 1 aromatic heterocycles. The van der Waals surface area contributed by atoms with Gasteiger partial charge in [-0.1, -0.05) is 12.1 Å². The molecule has 0 radical (unpaired) electrons. The summed E-state index contributed by atoms with van der Waals surface area (Å²) in [5.74, 6) is 1.07. The van der Waals surface area contributed by atoms with Crippen molar-refractivity contribution in [3.8, 4) is 11.3 Å². The van der Waals surface area contributed by atoms with Gasteiger partial charge in [0.15, 0.2) is 0 Å². The zero-order chi connectivity index (χ0) is 13.0. The molecule has 0 fully saturated rings. The van der Waals surface area contributed by atoms with Crippen LogP contribution in [0.5, 0.6) is 0 Å². The zero-order valence-electron chi connectivity index (χ0n) is 11.4. The molecule has 0 unspecified atom stereocenters. The fourth-order valence-electron chi connectivity index (χ4n) is 1.98. The van der Waals surface area contributed by atoms with Crippen molar-refractivity contribution in [3.63, 3.8) is 0 Å². The van der Waals surface area contributed by atoms with E-state index >= 15 is 0 Å². The fourth-order valence-corrected chi connectivity index (χ4v) is 1.98. The van der Waals surface area contributed by atoms with Crippen molar-refractivity contribution in [1.82, 2.24) is 15.3 Å². The molecule has 0 amide bonds. The van der Waals surface area contributed by atoms with Crippen LogP contribution in [0, 0.1) is 13.8 Å². The first-order valence-corrected chi connectivity index (χ1v) is 6.47. The molecular formula is C15H21N3. The van der Waals surface area contributed by atoms with Crippen LogP contribution in [0.1, 0.15) is 23.4 Å². The summed E-state index contributed by atoms with van der Waals surface area (Å²) >= 11 is 0. The molecule has 1 heterocycles. The molecule has 0 spiro atoms. The summed E-state index contributed by atoms with van der Waals surface area (Å²) < 4.78 is 0. The normalized spacial score (nSPS) is 10.8. The fraction of sp³-hybridized carbons (Fsp3) is 0.400. The lowest BCUT2D eigenvalue weighted by atomic mass is 10.1. The molecule has 2 rings (SSSR count). The highest BCUT2D eigenvalue weighted by Crippen LogP contribution is 2.20. The third-order valence-corrected chi connectivity index (χ3v) is 3.29. The van der Waals surface area contributed by atoms with Gasteiger partial charge in [-0.2, -0.15) is 0 Å². The van der Waals surface area contributed by atoms with Crippen LogP contribution in [0.25, 0.3) is 11.3 Å². The van der Waals surface area contributed by atoms with Crippen LogP contribution >= 0.6 is 0 Å². The summed E-state index contributed by atoms with van der Waals surface area (Å²) in [6, 6.07) is 6.51. The Morgan fingerprint density at radius 3 is 2.78 bits per heavy atom. The Morgan fingerprint density at radius 2 is 2.06 bits per heavy atom. The van der Waals surface area contributed by atoms with Gasteiger partial charge in [0, 0.05) is 6.42 Å². The lowest BCUT2D eigenvalue weighted by Gasteiger charge is -2.03. The highest BCUT2D eigenvalue weighted by Gasteiger charge is 2.04. The first-order chi connectivity index (χ1) is 8.70. The van der Waals surface area contributed by atoms with E-state index in [1.807, 2.05) is 13.2 Å². The van der Waals surface area contributed by atoms with Crippen LogP contribution in [0.15, 0.2) is 24.4 Å². The molecular weight excluding hydrogens is 222 g/mol. The number of aromatic amines is 1. The van der Waals surface area contributed by atoms with E-state index in [4.69, 9.17) is 0 Å². The Morgan fingerprint density at radius 1 is 1.22 bits per heavy atom. The Balaban J connectivity index is 2.11. The number of hydrogen-bond donors (Lipinski definition) is 2. The van der Waals surface area contributed by atoms with Crippen molar-refractivity contribution in [3.05, 3.63) is 41.3 Å². The summed E-state index contributed by atoms with van der Waals surface area (Å²) in [5.41, 5.74) is 4.97. The Labute approximate surface area is 109 Å². The molecule has 3 heteroatoms. The lowest BCUT2D eigenvalue weighted by Crippen LogP contribution is -2.08. The summed E-state index contributed by atoms with van der Waals surface area (Å²) in [6.45, 7) is 5.30. The average molecular weight is 243 g/mol. The summed E-state index contributed by atoms with van der Waals surface area (Å²) in [5, 5.41) is 3.15. The summed E-state index contributed by atoms with van der Waals surface area (Å²) in [7, 11) is 1.97. The van der Waals surface area contributed by atoms with Crippen LogP contribution in [0.2, 0.25) is 0 Å². The third-order valence-electron chi connectivity index (χ3n) is 3.29. The van der Waals surface area contributed by atoms with E-state index in [2.05, 4.69) is 47.3 Å². The van der Waals surface area contributed by atoms with Gasteiger partial charge < -0.3 is 10.3 Å². The number of rotatable bonds is 5. The van der Waals surface area contributed by atoms with Gasteiger partial charge in [-0.25, -0.2) is 4.98 Å². The van der Waals surface area contributed by atoms with E-state index in [1.54, 1.807) is 0 Å². The first-order valence-electron chi connectivity index (χ1n) is 6.47. The van der Waals surface area contributed by atoms with E-state index < -0.39 is 0 Å². The number of aromatic nitrogens is 2. The van der Waals surface area contributed by atoms with Gasteiger partial charge in [0.2, 0.25) is 0 Å². The van der Waals surface area contributed by atoms with Crippen molar-refractivity contribution in [2.45, 2.75) is 26.7 Å². The molecule has 0 aliphatic heterocycles. The summed E-state index contributed by atoms with van der Waals surface area (Å²) in [4.78, 5) is 7.83. The maximum absolute atomic E-state index is 4.43. The first kappa shape index (κ1) is 12.8. The number of nitrogens with zero attached hydrogens (tertiary/aromatic N) is 1. The molecule has 0 saturated heterocycles. The largest absolute Gasteiger partial charge is 0.342 e. The predicted octanol–water partition coefficient (Wildman–Crippen LogP) is 2.85. The second-order valence-corrected chi connectivity index (χ2v) is 4.75. The van der Waals surface area contributed by atoms with Gasteiger partial charge in [-0.3, -0.25) is 0 Å². The highest BCUT2D eigenvalue weighted by molar-refractivity contribution is 5.60. The molecule has 2 aromatic rings. The number of aryl methyl sites for hydroxylation is 3. The SMILES string of the molecule is CNCCCc1ncc(-c2ccc(C)c(C)c2)[nH]1. The van der Waals surface area contributed by atoms with E-state index in [0.717, 1.165) is 30.9 Å². The number of H-pyrrole nitrogens is 1. The van der Waals surface area contributed by atoms with Crippen molar-refractivity contribution in [2.75, 3.05) is 13.6 Å². The maximum atomic E-state index is 4.43. The quantitative estimate of drug-likeness (QED) is 0.793. The molecule has 3 nitrogen and oxygen atoms in total. The van der Waals surface area contributed by atoms with Gasteiger partial charge in [0.25, 0.3) is 0 Å². The topological polar surface area (TPSA) is 40.7 Å². The van der Waals surface area contributed by atoms with Crippen LogP contribution in [-0.2, 0) is 6.42 Å². The van der Waals surface area contributed by atoms with Crippen LogP contribution in [0.3, 0.4) is 0 Å². The second kappa shape index (κ2) is 5.83. The standard InChI is InChI=1S/C15H21N3/c1-11-6-7-13(9-12(11)2)14-10-17-15(18-14)5-4-8-16-3/h6-7,9-10,16H,4-5,8H2,1-3H3,(H,17,18). The summed E-state index contributed by atoms with van der Waals surface area (Å²) in [6.07, 6.45) is 4.03. The van der Waals surface area contributed by atoms with Gasteiger partial charge in [-0.15, -0.1) is 0 Å². The van der Waals surface area contributed by atoms with Crippen LogP contribution in [-0.4, -0.2) is 23.6 Å². The molecule has 0 saturated carbocycles. The third kappa shape index (κ3) is 2.99. The highest BCUT2D eigenvalue weighted by atomic mass is 14.9. The van der Waals surface area contributed by atoms with E-state index in [0.29, 0.717) is 0 Å². The van der Waals surface area contributed by atoms with Crippen molar-refractivity contribution >= 4 is 0 Å². The number of imidazole rings is 1. The lowest BCUT2D eigenvalue weighted by molar-refractivity contribution is 0.707. The second-order valence-electron chi connectivity index (χ2n) is 4.75. The van der Waals surface area contributed by atoms with E-state index in [9.17, 15) is 0 Å². The smallest absolute Gasteiger partial charge is 0.106 e. The Hall–Kier alpha value is -1.61. The van der Waals surface area contributed by atoms with Crippen molar-refractivity contribution in [2.24, 2.45) is 0 Å². The van der Waals surface area contributed by atoms with E-state index in [-0.39, 0.29) is 0 Å². The molecule has 0 bridgehead atoms. The number of nitrogens with one attached hydrogen (secondary N) is 2. The van der Waals surface area contributed by atoms with Gasteiger partial charge in [0.05, 0.1) is 11.9 Å². The van der Waals surface area contributed by atoms with Gasteiger partial charge in [0.1, 0.15) is 5.82 Å². The van der Waals surface area contributed by atoms with Crippen LogP contribution < -0.4 is 5.32 Å². The Bertz CT molecular complexity index is 514. The monoisotopic (exact) mass is 243 g/mol. The van der Waals surface area contributed by atoms with Crippen molar-refractivity contribution in [1.29, 1.82) is 0 Å². The molecule has 0 aliphatic rings. The maximum Gasteiger partial charge on any atom is 0.106 e. The number of hydrogen-bond acceptors (Lipinski definition) is 2. The minimum Gasteiger partial charge on any atom is -0.342 e. The minimum absolute atomic E-state index is 0.992. The van der Waals surface area contributed by atoms with Crippen molar-refractivity contribution < 1.29 is 0 Å². The molecule has 96 valence electrons. The Kier molecular flexibility index (Phi) is 4.15. The molecule has 1 aromatic carbocycles. The van der Waals surface area contributed by atoms with E-state index in [1.165, 1.54) is 16.7 Å². The molecule has 0 aliphatic carbocycles. The molecule has 18 heavy (non-hydrogen) atoms. The zero-order valence-corrected chi connectivity index (χ0v) is 11.4. The minimum atomic E-state index is 0.992. The number of benzene rings is 1. The van der Waals surface area contributed by atoms with Gasteiger partial charge in [-0.05, 0) is 56.6 Å². The predicted molar refractivity (Wildman–Crippen MR) is 75.7 cm³/mol.